The van der Waals surface area contributed by atoms with E-state index in [9.17, 15) is 4.79 Å². The summed E-state index contributed by atoms with van der Waals surface area (Å²) in [7, 11) is 0. The van der Waals surface area contributed by atoms with Crippen molar-refractivity contribution in [1.29, 1.82) is 0 Å². The van der Waals surface area contributed by atoms with Crippen LogP contribution in [-0.4, -0.2) is 16.1 Å². The van der Waals surface area contributed by atoms with E-state index in [0.717, 1.165) is 15.0 Å². The summed E-state index contributed by atoms with van der Waals surface area (Å²) in [5.74, 6) is -0.926. The number of hydrogen-bond acceptors (Lipinski definition) is 4. The number of anilines is 1. The second-order valence-electron chi connectivity index (χ2n) is 6.00. The van der Waals surface area contributed by atoms with Crippen molar-refractivity contribution in [1.82, 2.24) is 10.2 Å². The van der Waals surface area contributed by atoms with E-state index < -0.39 is 11.7 Å². The number of carbonyl (C=O) groups is 1. The summed E-state index contributed by atoms with van der Waals surface area (Å²) in [6, 6.07) is 16.3. The van der Waals surface area contributed by atoms with Crippen LogP contribution in [-0.2, 0) is 0 Å². The molecule has 0 aliphatic carbocycles. The number of benzene rings is 2. The number of hydrogen-bond donors (Lipinski definition) is 2. The fraction of sp³-hybridized carbons (Fsp3) is 0. The molecule has 0 unspecified atom stereocenters. The van der Waals surface area contributed by atoms with Crippen LogP contribution in [0.25, 0.3) is 31.6 Å². The van der Waals surface area contributed by atoms with E-state index in [1.54, 1.807) is 23.5 Å². The van der Waals surface area contributed by atoms with Gasteiger partial charge in [0.05, 0.1) is 27.7 Å². The summed E-state index contributed by atoms with van der Waals surface area (Å²) in [6.07, 6.45) is 1.39. The zero-order valence-electron chi connectivity index (χ0n) is 13.8. The van der Waals surface area contributed by atoms with E-state index >= 15 is 4.39 Å². The maximum absolute atomic E-state index is 15.2. The molecule has 1 amide bonds. The van der Waals surface area contributed by atoms with Gasteiger partial charge in [-0.3, -0.25) is 9.89 Å². The van der Waals surface area contributed by atoms with Crippen molar-refractivity contribution in [3.63, 3.8) is 0 Å². The number of nitrogens with zero attached hydrogens (tertiary/aromatic N) is 1. The van der Waals surface area contributed by atoms with Gasteiger partial charge in [-0.25, -0.2) is 4.39 Å². The molecule has 132 valence electrons. The number of aromatic nitrogens is 2. The highest BCUT2D eigenvalue weighted by Crippen LogP contribution is 2.38. The van der Waals surface area contributed by atoms with Crippen molar-refractivity contribution >= 4 is 43.9 Å². The quantitative estimate of drug-likeness (QED) is 0.440. The zero-order valence-corrected chi connectivity index (χ0v) is 14.6. The topological polar surface area (TPSA) is 70.9 Å². The molecule has 0 saturated heterocycles. The van der Waals surface area contributed by atoms with Crippen LogP contribution >= 0.6 is 11.3 Å². The monoisotopic (exact) mass is 377 g/mol. The number of amides is 1. The van der Waals surface area contributed by atoms with Crippen LogP contribution < -0.4 is 5.32 Å². The summed E-state index contributed by atoms with van der Waals surface area (Å²) in [4.78, 5) is 13.0. The molecular formula is C20H12FN3O2S. The molecule has 0 aliphatic rings. The predicted molar refractivity (Wildman–Crippen MR) is 104 cm³/mol. The average Bonchev–Trinajstić information content (AvgIpc) is 3.42. The Kier molecular flexibility index (Phi) is 3.54. The lowest BCUT2D eigenvalue weighted by atomic mass is 10.1. The number of nitrogens with one attached hydrogen (secondary N) is 2. The molecule has 5 rings (SSSR count). The van der Waals surface area contributed by atoms with Crippen LogP contribution in [0.15, 0.2) is 65.3 Å². The van der Waals surface area contributed by atoms with Gasteiger partial charge in [0.15, 0.2) is 11.6 Å². The van der Waals surface area contributed by atoms with Gasteiger partial charge in [-0.1, -0.05) is 18.2 Å². The summed E-state index contributed by atoms with van der Waals surface area (Å²) < 4.78 is 21.4. The standard InChI is InChI=1S/C20H12FN3O2S/c21-18-13(22-20(25)14-5-3-9-26-14)8-7-12-17(18)19(24-23-12)16-10-11-4-1-2-6-15(11)27-16/h1-10H,(H,22,25)(H,23,24). The number of aromatic amines is 1. The van der Waals surface area contributed by atoms with Crippen molar-refractivity contribution in [3.8, 4) is 10.6 Å². The van der Waals surface area contributed by atoms with Crippen LogP contribution in [0.2, 0.25) is 0 Å². The summed E-state index contributed by atoms with van der Waals surface area (Å²) >= 11 is 1.54. The van der Waals surface area contributed by atoms with Crippen LogP contribution in [0.5, 0.6) is 0 Å². The Morgan fingerprint density at radius 3 is 2.85 bits per heavy atom. The normalized spacial score (nSPS) is 11.3. The molecule has 0 atom stereocenters. The first kappa shape index (κ1) is 15.8. The van der Waals surface area contributed by atoms with Gasteiger partial charge in [-0.2, -0.15) is 5.10 Å². The molecule has 0 saturated carbocycles. The summed E-state index contributed by atoms with van der Waals surface area (Å²) in [5.41, 5.74) is 1.17. The Balaban J connectivity index is 1.61. The fourth-order valence-electron chi connectivity index (χ4n) is 3.04. The average molecular weight is 377 g/mol. The number of carbonyl (C=O) groups excluding carboxylic acids is 1. The number of thiophene rings is 1. The molecule has 3 heterocycles. The Hall–Kier alpha value is -3.45. The highest BCUT2D eigenvalue weighted by molar-refractivity contribution is 7.22. The molecule has 3 aromatic heterocycles. The van der Waals surface area contributed by atoms with Gasteiger partial charge in [-0.05, 0) is 41.8 Å². The largest absolute Gasteiger partial charge is 0.459 e. The Bertz CT molecular complexity index is 1250. The van der Waals surface area contributed by atoms with E-state index in [1.165, 1.54) is 18.4 Å². The number of rotatable bonds is 3. The number of H-pyrrole nitrogens is 1. The second kappa shape index (κ2) is 6.07. The van der Waals surface area contributed by atoms with Crippen LogP contribution in [0.3, 0.4) is 0 Å². The van der Waals surface area contributed by atoms with Gasteiger partial charge in [0.25, 0.3) is 5.91 Å². The molecule has 0 aliphatic heterocycles. The van der Waals surface area contributed by atoms with Crippen molar-refractivity contribution in [2.75, 3.05) is 5.32 Å². The minimum Gasteiger partial charge on any atom is -0.459 e. The van der Waals surface area contributed by atoms with Crippen molar-refractivity contribution in [3.05, 3.63) is 72.4 Å². The zero-order chi connectivity index (χ0) is 18.4. The Morgan fingerprint density at radius 2 is 2.04 bits per heavy atom. The van der Waals surface area contributed by atoms with Crippen molar-refractivity contribution in [2.24, 2.45) is 0 Å². The third-order valence-corrected chi connectivity index (χ3v) is 5.44. The number of halogens is 1. The summed E-state index contributed by atoms with van der Waals surface area (Å²) in [5, 5.41) is 11.2. The molecule has 2 aromatic carbocycles. The molecule has 0 fully saturated rings. The molecular weight excluding hydrogens is 365 g/mol. The van der Waals surface area contributed by atoms with Gasteiger partial charge < -0.3 is 9.73 Å². The predicted octanol–water partition coefficient (Wildman–Crippen LogP) is 5.43. The lowest BCUT2D eigenvalue weighted by Gasteiger charge is -2.06. The smallest absolute Gasteiger partial charge is 0.291 e. The number of furan rings is 1. The molecule has 7 heteroatoms. The van der Waals surface area contributed by atoms with Gasteiger partial charge >= 0.3 is 0 Å². The van der Waals surface area contributed by atoms with E-state index in [1.807, 2.05) is 30.3 Å². The molecule has 0 bridgehead atoms. The molecule has 5 aromatic rings. The second-order valence-corrected chi connectivity index (χ2v) is 7.09. The minimum absolute atomic E-state index is 0.0765. The molecule has 5 nitrogen and oxygen atoms in total. The van der Waals surface area contributed by atoms with E-state index in [2.05, 4.69) is 15.5 Å². The third kappa shape index (κ3) is 2.60. The lowest BCUT2D eigenvalue weighted by Crippen LogP contribution is -2.12. The van der Waals surface area contributed by atoms with Gasteiger partial charge in [0.1, 0.15) is 5.69 Å². The van der Waals surface area contributed by atoms with Gasteiger partial charge in [-0.15, -0.1) is 11.3 Å². The van der Waals surface area contributed by atoms with E-state index in [4.69, 9.17) is 4.42 Å². The minimum atomic E-state index is -0.534. The van der Waals surface area contributed by atoms with Gasteiger partial charge in [0, 0.05) is 4.70 Å². The van der Waals surface area contributed by atoms with Crippen LogP contribution in [0, 0.1) is 5.82 Å². The SMILES string of the molecule is O=C(Nc1ccc2[nH]nc(-c3cc4ccccc4s3)c2c1F)c1ccco1. The first-order valence-electron chi connectivity index (χ1n) is 8.21. The van der Waals surface area contributed by atoms with E-state index in [0.29, 0.717) is 16.6 Å². The van der Waals surface area contributed by atoms with Crippen LogP contribution in [0.4, 0.5) is 10.1 Å². The van der Waals surface area contributed by atoms with Gasteiger partial charge in [0.2, 0.25) is 0 Å². The molecule has 27 heavy (non-hydrogen) atoms. The Morgan fingerprint density at radius 1 is 1.15 bits per heavy atom. The first-order chi connectivity index (χ1) is 13.2. The summed E-state index contributed by atoms with van der Waals surface area (Å²) in [6.45, 7) is 0. The highest BCUT2D eigenvalue weighted by Gasteiger charge is 2.19. The molecule has 0 radical (unpaired) electrons. The third-order valence-electron chi connectivity index (χ3n) is 4.32. The lowest BCUT2D eigenvalue weighted by molar-refractivity contribution is 0.0996. The van der Waals surface area contributed by atoms with Crippen LogP contribution in [0.1, 0.15) is 10.6 Å². The van der Waals surface area contributed by atoms with Crippen molar-refractivity contribution < 1.29 is 13.6 Å². The maximum Gasteiger partial charge on any atom is 0.291 e. The van der Waals surface area contributed by atoms with Crippen molar-refractivity contribution in [2.45, 2.75) is 0 Å². The molecule has 0 spiro atoms. The first-order valence-corrected chi connectivity index (χ1v) is 9.03. The molecule has 2 N–H and O–H groups in total. The highest BCUT2D eigenvalue weighted by atomic mass is 32.1. The number of fused-ring (bicyclic) bond motifs is 2. The van der Waals surface area contributed by atoms with E-state index in [-0.39, 0.29) is 11.4 Å². The Labute approximate surface area is 156 Å². The maximum atomic E-state index is 15.2. The fourth-order valence-corrected chi connectivity index (χ4v) is 4.10.